The molecule has 0 saturated carbocycles. The second-order valence-electron chi connectivity index (χ2n) is 6.68. The van der Waals surface area contributed by atoms with Gasteiger partial charge in [0.1, 0.15) is 0 Å². The third-order valence-corrected chi connectivity index (χ3v) is 5.03. The number of benzene rings is 1. The first kappa shape index (κ1) is 19.9. The van der Waals surface area contributed by atoms with Crippen molar-refractivity contribution >= 4 is 23.2 Å². The van der Waals surface area contributed by atoms with Crippen molar-refractivity contribution in [3.05, 3.63) is 28.8 Å². The number of aliphatic imine (C=N–C) groups is 1. The lowest BCUT2D eigenvalue weighted by molar-refractivity contribution is 0.312. The summed E-state index contributed by atoms with van der Waals surface area (Å²) in [4.78, 5) is 9.56. The van der Waals surface area contributed by atoms with E-state index >= 15 is 0 Å². The number of rotatable bonds is 6. The summed E-state index contributed by atoms with van der Waals surface area (Å²) in [5, 5.41) is 7.55. The van der Waals surface area contributed by atoms with Crippen LogP contribution in [0.15, 0.2) is 23.2 Å². The van der Waals surface area contributed by atoms with Gasteiger partial charge in [0, 0.05) is 55.0 Å². The molecule has 0 spiro atoms. The molecule has 0 bridgehead atoms. The predicted octanol–water partition coefficient (Wildman–Crippen LogP) is 2.95. The molecule has 1 aliphatic heterocycles. The van der Waals surface area contributed by atoms with Gasteiger partial charge >= 0.3 is 0 Å². The van der Waals surface area contributed by atoms with Crippen molar-refractivity contribution in [2.45, 2.75) is 39.8 Å². The van der Waals surface area contributed by atoms with E-state index in [0.29, 0.717) is 12.6 Å². The van der Waals surface area contributed by atoms with Crippen LogP contribution >= 0.6 is 11.6 Å². The van der Waals surface area contributed by atoms with Crippen molar-refractivity contribution in [2.75, 3.05) is 44.7 Å². The highest BCUT2D eigenvalue weighted by Gasteiger charge is 2.18. The summed E-state index contributed by atoms with van der Waals surface area (Å²) < 4.78 is 0. The first-order valence-electron chi connectivity index (χ1n) is 9.30. The Kier molecular flexibility index (Phi) is 7.85. The minimum atomic E-state index is 0.390. The maximum Gasteiger partial charge on any atom is 0.191 e. The molecule has 1 aromatic carbocycles. The smallest absolute Gasteiger partial charge is 0.191 e. The Morgan fingerprint density at radius 3 is 2.60 bits per heavy atom. The fourth-order valence-corrected chi connectivity index (χ4v) is 3.09. The van der Waals surface area contributed by atoms with E-state index in [4.69, 9.17) is 16.6 Å². The maximum atomic E-state index is 6.52. The van der Waals surface area contributed by atoms with E-state index in [-0.39, 0.29) is 0 Å². The summed E-state index contributed by atoms with van der Waals surface area (Å²) in [5.74, 6) is 0.848. The zero-order valence-electron chi connectivity index (χ0n) is 16.0. The zero-order valence-corrected chi connectivity index (χ0v) is 16.7. The van der Waals surface area contributed by atoms with E-state index in [1.54, 1.807) is 0 Å². The summed E-state index contributed by atoms with van der Waals surface area (Å²) in [6.45, 7) is 12.0. The Hall–Kier alpha value is -1.46. The van der Waals surface area contributed by atoms with Gasteiger partial charge in [0.15, 0.2) is 5.96 Å². The summed E-state index contributed by atoms with van der Waals surface area (Å²) in [5.41, 5.74) is 2.32. The highest BCUT2D eigenvalue weighted by atomic mass is 35.5. The van der Waals surface area contributed by atoms with E-state index in [9.17, 15) is 0 Å². The average Bonchev–Trinajstić information content (AvgIpc) is 2.61. The number of likely N-dealkylation sites (N-methyl/N-ethyl adjacent to an activating group) is 1. The monoisotopic (exact) mass is 365 g/mol. The average molecular weight is 366 g/mol. The van der Waals surface area contributed by atoms with Gasteiger partial charge in [-0.2, -0.15) is 0 Å². The van der Waals surface area contributed by atoms with Gasteiger partial charge in [0.25, 0.3) is 0 Å². The molecule has 25 heavy (non-hydrogen) atoms. The van der Waals surface area contributed by atoms with Crippen LogP contribution in [0.1, 0.15) is 32.8 Å². The molecule has 1 aromatic rings. The molecule has 1 unspecified atom stereocenters. The van der Waals surface area contributed by atoms with Crippen LogP contribution in [-0.4, -0.2) is 56.7 Å². The molecule has 0 radical (unpaired) electrons. The van der Waals surface area contributed by atoms with Crippen molar-refractivity contribution in [3.63, 3.8) is 0 Å². The highest BCUT2D eigenvalue weighted by Crippen LogP contribution is 2.29. The van der Waals surface area contributed by atoms with Crippen molar-refractivity contribution in [1.82, 2.24) is 15.5 Å². The Balaban J connectivity index is 2.18. The van der Waals surface area contributed by atoms with Crippen LogP contribution in [-0.2, 0) is 6.54 Å². The molecule has 2 N–H and O–H groups in total. The molecule has 1 atom stereocenters. The topological polar surface area (TPSA) is 42.9 Å². The predicted molar refractivity (Wildman–Crippen MR) is 109 cm³/mol. The number of halogens is 1. The van der Waals surface area contributed by atoms with Gasteiger partial charge in [-0.05, 0) is 39.4 Å². The standard InChI is InChI=1S/C19H32ClN5/c1-5-15(3)23-19(21-6-2)22-14-16-17(20)8-7-9-18(16)25-12-10-24(4)11-13-25/h7-9,15H,5-6,10-14H2,1-4H3,(H2,21,22,23). The van der Waals surface area contributed by atoms with Gasteiger partial charge in [-0.25, -0.2) is 4.99 Å². The molecule has 5 nitrogen and oxygen atoms in total. The minimum Gasteiger partial charge on any atom is -0.369 e. The normalized spacial score (nSPS) is 17.5. The number of hydrogen-bond donors (Lipinski definition) is 2. The van der Waals surface area contributed by atoms with Crippen molar-refractivity contribution in [2.24, 2.45) is 4.99 Å². The third-order valence-electron chi connectivity index (χ3n) is 4.67. The van der Waals surface area contributed by atoms with Crippen LogP contribution in [0.25, 0.3) is 0 Å². The number of guanidine groups is 1. The SMILES string of the molecule is CCNC(=NCc1c(Cl)cccc1N1CCN(C)CC1)NC(C)CC. The lowest BCUT2D eigenvalue weighted by Gasteiger charge is -2.35. The van der Waals surface area contributed by atoms with Gasteiger partial charge < -0.3 is 20.4 Å². The molecule has 6 heteroatoms. The molecular weight excluding hydrogens is 334 g/mol. The number of anilines is 1. The van der Waals surface area contributed by atoms with E-state index in [2.05, 4.69) is 54.3 Å². The summed E-state index contributed by atoms with van der Waals surface area (Å²) in [7, 11) is 2.17. The molecule has 1 fully saturated rings. The Morgan fingerprint density at radius 2 is 1.96 bits per heavy atom. The summed E-state index contributed by atoms with van der Waals surface area (Å²) >= 11 is 6.52. The first-order valence-corrected chi connectivity index (χ1v) is 9.68. The molecule has 1 heterocycles. The molecule has 0 amide bonds. The van der Waals surface area contributed by atoms with E-state index < -0.39 is 0 Å². The third kappa shape index (κ3) is 5.79. The van der Waals surface area contributed by atoms with Gasteiger partial charge in [-0.3, -0.25) is 0 Å². The molecule has 1 aliphatic rings. The van der Waals surface area contributed by atoms with E-state index in [1.807, 2.05) is 12.1 Å². The quantitative estimate of drug-likeness (QED) is 0.601. The Labute approximate surface area is 157 Å². The zero-order chi connectivity index (χ0) is 18.2. The van der Waals surface area contributed by atoms with Crippen molar-refractivity contribution < 1.29 is 0 Å². The van der Waals surface area contributed by atoms with Crippen LogP contribution in [0.2, 0.25) is 5.02 Å². The molecule has 0 aromatic heterocycles. The van der Waals surface area contributed by atoms with Crippen molar-refractivity contribution in [1.29, 1.82) is 0 Å². The first-order chi connectivity index (χ1) is 12.0. The number of nitrogens with zero attached hydrogens (tertiary/aromatic N) is 3. The number of nitrogens with one attached hydrogen (secondary N) is 2. The minimum absolute atomic E-state index is 0.390. The van der Waals surface area contributed by atoms with E-state index in [1.165, 1.54) is 5.69 Å². The molecular formula is C19H32ClN5. The fourth-order valence-electron chi connectivity index (χ4n) is 2.86. The van der Waals surface area contributed by atoms with Gasteiger partial charge in [0.2, 0.25) is 0 Å². The van der Waals surface area contributed by atoms with Crippen LogP contribution in [0, 0.1) is 0 Å². The number of piperazine rings is 1. The molecule has 0 aliphatic carbocycles. The Bertz CT molecular complexity index is 567. The maximum absolute atomic E-state index is 6.52. The fraction of sp³-hybridized carbons (Fsp3) is 0.632. The second kappa shape index (κ2) is 9.88. The summed E-state index contributed by atoms with van der Waals surface area (Å²) in [6, 6.07) is 6.55. The van der Waals surface area contributed by atoms with Gasteiger partial charge in [-0.1, -0.05) is 24.6 Å². The largest absolute Gasteiger partial charge is 0.369 e. The van der Waals surface area contributed by atoms with Crippen LogP contribution in [0.3, 0.4) is 0 Å². The Morgan fingerprint density at radius 1 is 1.24 bits per heavy atom. The van der Waals surface area contributed by atoms with Gasteiger partial charge in [0.05, 0.1) is 6.54 Å². The summed E-state index contributed by atoms with van der Waals surface area (Å²) in [6.07, 6.45) is 1.06. The number of hydrogen-bond acceptors (Lipinski definition) is 3. The lowest BCUT2D eigenvalue weighted by atomic mass is 10.1. The second-order valence-corrected chi connectivity index (χ2v) is 7.08. The van der Waals surface area contributed by atoms with Gasteiger partial charge in [-0.15, -0.1) is 0 Å². The lowest BCUT2D eigenvalue weighted by Crippen LogP contribution is -2.45. The van der Waals surface area contributed by atoms with Crippen LogP contribution in [0.5, 0.6) is 0 Å². The molecule has 1 saturated heterocycles. The van der Waals surface area contributed by atoms with Crippen LogP contribution < -0.4 is 15.5 Å². The molecule has 2 rings (SSSR count). The van der Waals surface area contributed by atoms with Crippen molar-refractivity contribution in [3.8, 4) is 0 Å². The molecule has 140 valence electrons. The van der Waals surface area contributed by atoms with E-state index in [0.717, 1.165) is 55.7 Å². The highest BCUT2D eigenvalue weighted by molar-refractivity contribution is 6.31. The van der Waals surface area contributed by atoms with Crippen LogP contribution in [0.4, 0.5) is 5.69 Å².